The largest absolute Gasteiger partial charge is 0.507 e. The topological polar surface area (TPSA) is 75.3 Å². The molecule has 0 spiro atoms. The standard InChI is InChI=1S/C12H15IN2O2/c13-8-2-3-10(16)9(6-8)11(17)15-7-12(14)4-1-5-12/h2-3,6,16H,1,4-5,7,14H2,(H,15,17). The van der Waals surface area contributed by atoms with Crippen LogP contribution in [0.15, 0.2) is 18.2 Å². The molecule has 0 aromatic heterocycles. The molecule has 0 heterocycles. The van der Waals surface area contributed by atoms with Gasteiger partial charge in [0.2, 0.25) is 0 Å². The van der Waals surface area contributed by atoms with E-state index >= 15 is 0 Å². The van der Waals surface area contributed by atoms with Gasteiger partial charge in [0.1, 0.15) is 5.75 Å². The van der Waals surface area contributed by atoms with Crippen molar-refractivity contribution in [3.05, 3.63) is 27.3 Å². The van der Waals surface area contributed by atoms with Gasteiger partial charge in [0.25, 0.3) is 5.91 Å². The second kappa shape index (κ2) is 4.81. The summed E-state index contributed by atoms with van der Waals surface area (Å²) >= 11 is 2.10. The summed E-state index contributed by atoms with van der Waals surface area (Å²) in [5.74, 6) is -0.264. The third-order valence-electron chi connectivity index (χ3n) is 3.15. The zero-order chi connectivity index (χ0) is 12.5. The molecule has 0 unspecified atom stereocenters. The molecule has 17 heavy (non-hydrogen) atoms. The van der Waals surface area contributed by atoms with Gasteiger partial charge in [-0.25, -0.2) is 0 Å². The number of hydrogen-bond acceptors (Lipinski definition) is 3. The van der Waals surface area contributed by atoms with Gasteiger partial charge in [0, 0.05) is 15.7 Å². The fraction of sp³-hybridized carbons (Fsp3) is 0.417. The highest BCUT2D eigenvalue weighted by molar-refractivity contribution is 14.1. The van der Waals surface area contributed by atoms with Crippen LogP contribution in [0.2, 0.25) is 0 Å². The highest BCUT2D eigenvalue weighted by atomic mass is 127. The minimum atomic E-state index is -0.266. The molecule has 1 amide bonds. The van der Waals surface area contributed by atoms with Gasteiger partial charge in [0.15, 0.2) is 0 Å². The molecule has 0 saturated heterocycles. The second-order valence-electron chi connectivity index (χ2n) is 4.56. The van der Waals surface area contributed by atoms with Crippen molar-refractivity contribution < 1.29 is 9.90 Å². The van der Waals surface area contributed by atoms with Gasteiger partial charge in [-0.05, 0) is 60.1 Å². The van der Waals surface area contributed by atoms with Crippen LogP contribution in [0.4, 0.5) is 0 Å². The third kappa shape index (κ3) is 2.90. The van der Waals surface area contributed by atoms with E-state index < -0.39 is 0 Å². The fourth-order valence-corrected chi connectivity index (χ4v) is 2.34. The molecule has 1 aliphatic rings. The Bertz CT molecular complexity index is 444. The minimum absolute atomic E-state index is 0.00240. The zero-order valence-electron chi connectivity index (χ0n) is 9.37. The van der Waals surface area contributed by atoms with Crippen LogP contribution in [0.5, 0.6) is 5.75 Å². The van der Waals surface area contributed by atoms with E-state index in [2.05, 4.69) is 27.9 Å². The SMILES string of the molecule is NC1(CNC(=O)c2cc(I)ccc2O)CCC1. The fourth-order valence-electron chi connectivity index (χ4n) is 1.85. The molecule has 1 aromatic rings. The van der Waals surface area contributed by atoms with Crippen molar-refractivity contribution in [3.8, 4) is 5.75 Å². The Labute approximate surface area is 114 Å². The highest BCUT2D eigenvalue weighted by Gasteiger charge is 2.32. The van der Waals surface area contributed by atoms with Gasteiger partial charge in [-0.1, -0.05) is 0 Å². The number of halogens is 1. The zero-order valence-corrected chi connectivity index (χ0v) is 11.5. The van der Waals surface area contributed by atoms with E-state index in [1.807, 2.05) is 0 Å². The molecule has 0 aliphatic heterocycles. The number of nitrogens with two attached hydrogens (primary N) is 1. The predicted molar refractivity (Wildman–Crippen MR) is 73.9 cm³/mol. The number of carbonyl (C=O) groups is 1. The Morgan fingerprint density at radius 3 is 2.82 bits per heavy atom. The lowest BCUT2D eigenvalue weighted by Gasteiger charge is -2.38. The molecular formula is C12H15IN2O2. The van der Waals surface area contributed by atoms with Crippen LogP contribution >= 0.6 is 22.6 Å². The number of carbonyl (C=O) groups excluding carboxylic acids is 1. The van der Waals surface area contributed by atoms with Crippen LogP contribution in [0.3, 0.4) is 0 Å². The first-order valence-corrected chi connectivity index (χ1v) is 6.64. The van der Waals surface area contributed by atoms with Gasteiger partial charge >= 0.3 is 0 Å². The third-order valence-corrected chi connectivity index (χ3v) is 3.82. The Hall–Kier alpha value is -0.820. The van der Waals surface area contributed by atoms with E-state index in [1.165, 1.54) is 6.07 Å². The van der Waals surface area contributed by atoms with Crippen molar-refractivity contribution in [2.24, 2.45) is 5.73 Å². The number of aromatic hydroxyl groups is 1. The van der Waals surface area contributed by atoms with Gasteiger partial charge in [-0.2, -0.15) is 0 Å². The van der Waals surface area contributed by atoms with Crippen molar-refractivity contribution in [3.63, 3.8) is 0 Å². The number of amides is 1. The average molecular weight is 346 g/mol. The normalized spacial score (nSPS) is 17.3. The molecule has 0 radical (unpaired) electrons. The van der Waals surface area contributed by atoms with Crippen LogP contribution in [0, 0.1) is 3.57 Å². The van der Waals surface area contributed by atoms with Gasteiger partial charge in [-0.15, -0.1) is 0 Å². The minimum Gasteiger partial charge on any atom is -0.507 e. The second-order valence-corrected chi connectivity index (χ2v) is 5.81. The van der Waals surface area contributed by atoms with Crippen LogP contribution in [-0.2, 0) is 0 Å². The number of rotatable bonds is 3. The Morgan fingerprint density at radius 2 is 2.24 bits per heavy atom. The summed E-state index contributed by atoms with van der Waals surface area (Å²) in [5.41, 5.74) is 6.08. The molecule has 1 aliphatic carbocycles. The molecule has 2 rings (SSSR count). The predicted octanol–water partition coefficient (Wildman–Crippen LogP) is 1.61. The molecule has 5 heteroatoms. The number of phenols is 1. The van der Waals surface area contributed by atoms with Crippen molar-refractivity contribution in [2.45, 2.75) is 24.8 Å². The van der Waals surface area contributed by atoms with E-state index in [0.717, 1.165) is 22.8 Å². The van der Waals surface area contributed by atoms with Gasteiger partial charge in [-0.3, -0.25) is 4.79 Å². The first-order valence-electron chi connectivity index (χ1n) is 5.56. The lowest BCUT2D eigenvalue weighted by atomic mass is 9.78. The quantitative estimate of drug-likeness (QED) is 0.728. The molecule has 1 saturated carbocycles. The van der Waals surface area contributed by atoms with Crippen LogP contribution < -0.4 is 11.1 Å². The first kappa shape index (κ1) is 12.6. The monoisotopic (exact) mass is 346 g/mol. The summed E-state index contributed by atoms with van der Waals surface area (Å²) in [6.45, 7) is 0.469. The van der Waals surface area contributed by atoms with E-state index in [0.29, 0.717) is 12.1 Å². The number of hydrogen-bond donors (Lipinski definition) is 3. The van der Waals surface area contributed by atoms with Gasteiger partial charge < -0.3 is 16.2 Å². The molecule has 1 aromatic carbocycles. The summed E-state index contributed by atoms with van der Waals surface area (Å²) in [6, 6.07) is 4.94. The maximum atomic E-state index is 11.9. The lowest BCUT2D eigenvalue weighted by molar-refractivity contribution is 0.0927. The highest BCUT2D eigenvalue weighted by Crippen LogP contribution is 2.28. The Kier molecular flexibility index (Phi) is 3.58. The Balaban J connectivity index is 2.01. The number of benzene rings is 1. The van der Waals surface area contributed by atoms with Crippen LogP contribution in [-0.4, -0.2) is 23.1 Å². The summed E-state index contributed by atoms with van der Waals surface area (Å²) in [4.78, 5) is 11.9. The number of nitrogens with one attached hydrogen (secondary N) is 1. The molecular weight excluding hydrogens is 331 g/mol. The molecule has 0 bridgehead atoms. The molecule has 4 nitrogen and oxygen atoms in total. The van der Waals surface area contributed by atoms with Crippen molar-refractivity contribution in [2.75, 3.05) is 6.54 Å². The van der Waals surface area contributed by atoms with Crippen LogP contribution in [0.1, 0.15) is 29.6 Å². The van der Waals surface area contributed by atoms with Crippen molar-refractivity contribution in [1.29, 1.82) is 0 Å². The summed E-state index contributed by atoms with van der Waals surface area (Å²) in [7, 11) is 0. The molecule has 0 atom stereocenters. The van der Waals surface area contributed by atoms with Gasteiger partial charge in [0.05, 0.1) is 5.56 Å². The first-order chi connectivity index (χ1) is 8.00. The molecule has 4 N–H and O–H groups in total. The van der Waals surface area contributed by atoms with E-state index in [-0.39, 0.29) is 17.2 Å². The maximum Gasteiger partial charge on any atom is 0.255 e. The molecule has 1 fully saturated rings. The van der Waals surface area contributed by atoms with E-state index in [1.54, 1.807) is 12.1 Å². The summed E-state index contributed by atoms with van der Waals surface area (Å²) < 4.78 is 0.914. The van der Waals surface area contributed by atoms with E-state index in [9.17, 15) is 9.90 Å². The van der Waals surface area contributed by atoms with Crippen molar-refractivity contribution >= 4 is 28.5 Å². The van der Waals surface area contributed by atoms with E-state index in [4.69, 9.17) is 5.73 Å². The molecule has 92 valence electrons. The maximum absolute atomic E-state index is 11.9. The smallest absolute Gasteiger partial charge is 0.255 e. The number of phenolic OH excluding ortho intramolecular Hbond substituents is 1. The summed E-state index contributed by atoms with van der Waals surface area (Å²) in [6.07, 6.45) is 3.03. The van der Waals surface area contributed by atoms with Crippen molar-refractivity contribution in [1.82, 2.24) is 5.32 Å². The average Bonchev–Trinajstić information content (AvgIpc) is 2.26. The lowest BCUT2D eigenvalue weighted by Crippen LogP contribution is -2.54. The summed E-state index contributed by atoms with van der Waals surface area (Å²) in [5, 5.41) is 12.4. The Morgan fingerprint density at radius 1 is 1.53 bits per heavy atom. The van der Waals surface area contributed by atoms with Crippen LogP contribution in [0.25, 0.3) is 0 Å².